The van der Waals surface area contributed by atoms with Crippen molar-refractivity contribution < 1.29 is 4.79 Å². The van der Waals surface area contributed by atoms with E-state index in [1.54, 1.807) is 0 Å². The summed E-state index contributed by atoms with van der Waals surface area (Å²) in [6, 6.07) is 10.8. The molecule has 0 spiro atoms. The molecule has 1 aromatic carbocycles. The fourth-order valence-corrected chi connectivity index (χ4v) is 4.14. The van der Waals surface area contributed by atoms with Crippen LogP contribution in [0.3, 0.4) is 0 Å². The van der Waals surface area contributed by atoms with E-state index in [1.165, 1.54) is 37.7 Å². The van der Waals surface area contributed by atoms with Crippen LogP contribution >= 0.6 is 12.4 Å². The maximum absolute atomic E-state index is 12.1. The first-order chi connectivity index (χ1) is 11.3. The number of halogens is 1. The number of amides is 1. The molecule has 0 bridgehead atoms. The van der Waals surface area contributed by atoms with E-state index in [9.17, 15) is 4.79 Å². The molecule has 134 valence electrons. The van der Waals surface area contributed by atoms with Gasteiger partial charge in [0.1, 0.15) is 0 Å². The molecule has 1 aliphatic carbocycles. The van der Waals surface area contributed by atoms with E-state index >= 15 is 0 Å². The van der Waals surface area contributed by atoms with Crippen LogP contribution in [0.25, 0.3) is 0 Å². The summed E-state index contributed by atoms with van der Waals surface area (Å²) in [5, 5.41) is 6.51. The Labute approximate surface area is 152 Å². The summed E-state index contributed by atoms with van der Waals surface area (Å²) in [6.45, 7) is 3.12. The Kier molecular flexibility index (Phi) is 8.07. The Morgan fingerprint density at radius 2 is 1.79 bits per heavy atom. The van der Waals surface area contributed by atoms with E-state index in [0.29, 0.717) is 11.8 Å². The van der Waals surface area contributed by atoms with Gasteiger partial charge in [0.25, 0.3) is 0 Å². The van der Waals surface area contributed by atoms with Crippen molar-refractivity contribution >= 4 is 18.3 Å². The molecule has 2 aliphatic rings. The number of hydrogen-bond acceptors (Lipinski definition) is 2. The van der Waals surface area contributed by atoms with Gasteiger partial charge >= 0.3 is 0 Å². The van der Waals surface area contributed by atoms with Crippen molar-refractivity contribution in [3.63, 3.8) is 0 Å². The van der Waals surface area contributed by atoms with Crippen molar-refractivity contribution in [1.29, 1.82) is 0 Å². The van der Waals surface area contributed by atoms with Crippen LogP contribution in [0, 0.1) is 11.8 Å². The van der Waals surface area contributed by atoms with Crippen molar-refractivity contribution in [2.45, 2.75) is 50.9 Å². The zero-order valence-corrected chi connectivity index (χ0v) is 15.3. The molecule has 0 radical (unpaired) electrons. The predicted molar refractivity (Wildman–Crippen MR) is 102 cm³/mol. The number of benzene rings is 1. The molecule has 1 heterocycles. The lowest BCUT2D eigenvalue weighted by molar-refractivity contribution is -0.122. The molecule has 2 fully saturated rings. The summed E-state index contributed by atoms with van der Waals surface area (Å²) >= 11 is 0. The van der Waals surface area contributed by atoms with Crippen LogP contribution in [-0.2, 0) is 4.79 Å². The van der Waals surface area contributed by atoms with Crippen LogP contribution in [0.5, 0.6) is 0 Å². The largest absolute Gasteiger partial charge is 0.356 e. The molecular weight excluding hydrogens is 320 g/mol. The molecule has 1 aromatic rings. The Hall–Kier alpha value is -1.06. The molecule has 1 amide bonds. The Bertz CT molecular complexity index is 480. The van der Waals surface area contributed by atoms with Gasteiger partial charge in [-0.1, -0.05) is 30.3 Å². The maximum atomic E-state index is 12.1. The monoisotopic (exact) mass is 350 g/mol. The fraction of sp³-hybridized carbons (Fsp3) is 0.650. The molecule has 2 N–H and O–H groups in total. The molecule has 3 rings (SSSR count). The second-order valence-electron chi connectivity index (χ2n) is 7.33. The third-order valence-electron chi connectivity index (χ3n) is 5.63. The van der Waals surface area contributed by atoms with E-state index in [2.05, 4.69) is 41.0 Å². The SMILES string of the molecule is Cl.O=C(CC1CCC(c2ccccc2)CC1)NCCC1CCNC1. The summed E-state index contributed by atoms with van der Waals surface area (Å²) < 4.78 is 0. The first-order valence-electron chi connectivity index (χ1n) is 9.33. The van der Waals surface area contributed by atoms with Gasteiger partial charge in [-0.3, -0.25) is 4.79 Å². The molecule has 4 heteroatoms. The van der Waals surface area contributed by atoms with E-state index < -0.39 is 0 Å². The standard InChI is InChI=1S/C20H30N2O.ClH/c23-20(22-13-11-17-10-12-21-15-17)14-16-6-8-19(9-7-16)18-4-2-1-3-5-18;/h1-5,16-17,19,21H,6-15H2,(H,22,23);1H. The van der Waals surface area contributed by atoms with E-state index in [-0.39, 0.29) is 18.3 Å². The molecule has 1 atom stereocenters. The van der Waals surface area contributed by atoms with Crippen LogP contribution in [0.2, 0.25) is 0 Å². The summed E-state index contributed by atoms with van der Waals surface area (Å²) in [6.07, 6.45) is 7.97. The zero-order valence-electron chi connectivity index (χ0n) is 14.5. The summed E-state index contributed by atoms with van der Waals surface area (Å²) in [5.41, 5.74) is 1.47. The number of rotatable bonds is 6. The maximum Gasteiger partial charge on any atom is 0.220 e. The van der Waals surface area contributed by atoms with Gasteiger partial charge in [-0.05, 0) is 74.9 Å². The average Bonchev–Trinajstić information content (AvgIpc) is 3.10. The molecule has 1 aliphatic heterocycles. The fourth-order valence-electron chi connectivity index (χ4n) is 4.14. The van der Waals surface area contributed by atoms with Crippen LogP contribution in [0.15, 0.2) is 30.3 Å². The Balaban J connectivity index is 0.00000208. The highest BCUT2D eigenvalue weighted by Crippen LogP contribution is 2.36. The van der Waals surface area contributed by atoms with Crippen molar-refractivity contribution in [3.8, 4) is 0 Å². The van der Waals surface area contributed by atoms with Crippen molar-refractivity contribution in [1.82, 2.24) is 10.6 Å². The molecule has 1 saturated heterocycles. The van der Waals surface area contributed by atoms with Crippen molar-refractivity contribution in [3.05, 3.63) is 35.9 Å². The van der Waals surface area contributed by atoms with E-state index in [0.717, 1.165) is 38.4 Å². The second-order valence-corrected chi connectivity index (χ2v) is 7.33. The smallest absolute Gasteiger partial charge is 0.220 e. The zero-order chi connectivity index (χ0) is 15.9. The number of carbonyl (C=O) groups is 1. The lowest BCUT2D eigenvalue weighted by Crippen LogP contribution is -2.29. The van der Waals surface area contributed by atoms with E-state index in [1.807, 2.05) is 0 Å². The molecule has 1 unspecified atom stereocenters. The molecule has 1 saturated carbocycles. The van der Waals surface area contributed by atoms with Crippen LogP contribution < -0.4 is 10.6 Å². The number of carbonyl (C=O) groups excluding carboxylic acids is 1. The van der Waals surface area contributed by atoms with Gasteiger partial charge in [0, 0.05) is 13.0 Å². The first-order valence-corrected chi connectivity index (χ1v) is 9.33. The molecule has 24 heavy (non-hydrogen) atoms. The highest BCUT2D eigenvalue weighted by atomic mass is 35.5. The highest BCUT2D eigenvalue weighted by Gasteiger charge is 2.24. The molecule has 3 nitrogen and oxygen atoms in total. The summed E-state index contributed by atoms with van der Waals surface area (Å²) in [4.78, 5) is 12.1. The number of hydrogen-bond donors (Lipinski definition) is 2. The lowest BCUT2D eigenvalue weighted by Gasteiger charge is -2.28. The van der Waals surface area contributed by atoms with Gasteiger partial charge in [-0.15, -0.1) is 12.4 Å². The van der Waals surface area contributed by atoms with Crippen LogP contribution in [0.4, 0.5) is 0 Å². The third kappa shape index (κ3) is 5.78. The average molecular weight is 351 g/mol. The van der Waals surface area contributed by atoms with Crippen LogP contribution in [-0.4, -0.2) is 25.5 Å². The summed E-state index contributed by atoms with van der Waals surface area (Å²) in [5.74, 6) is 2.31. The van der Waals surface area contributed by atoms with Gasteiger partial charge in [-0.25, -0.2) is 0 Å². The first kappa shape index (κ1) is 19.3. The van der Waals surface area contributed by atoms with Crippen molar-refractivity contribution in [2.75, 3.05) is 19.6 Å². The molecule has 0 aromatic heterocycles. The van der Waals surface area contributed by atoms with Crippen LogP contribution in [0.1, 0.15) is 56.4 Å². The third-order valence-corrected chi connectivity index (χ3v) is 5.63. The Morgan fingerprint density at radius 1 is 1.04 bits per heavy atom. The van der Waals surface area contributed by atoms with Gasteiger partial charge in [0.2, 0.25) is 5.91 Å². The minimum atomic E-state index is 0. The number of nitrogens with one attached hydrogen (secondary N) is 2. The minimum absolute atomic E-state index is 0. The minimum Gasteiger partial charge on any atom is -0.356 e. The quantitative estimate of drug-likeness (QED) is 0.817. The molecular formula is C20H31ClN2O. The van der Waals surface area contributed by atoms with Crippen molar-refractivity contribution in [2.24, 2.45) is 11.8 Å². The van der Waals surface area contributed by atoms with Gasteiger partial charge in [0.15, 0.2) is 0 Å². The normalized spacial score (nSPS) is 26.6. The Morgan fingerprint density at radius 3 is 2.46 bits per heavy atom. The highest BCUT2D eigenvalue weighted by molar-refractivity contribution is 5.85. The summed E-state index contributed by atoms with van der Waals surface area (Å²) in [7, 11) is 0. The van der Waals surface area contributed by atoms with Gasteiger partial charge in [-0.2, -0.15) is 0 Å². The van der Waals surface area contributed by atoms with E-state index in [4.69, 9.17) is 0 Å². The lowest BCUT2D eigenvalue weighted by atomic mass is 9.77. The van der Waals surface area contributed by atoms with Gasteiger partial charge < -0.3 is 10.6 Å². The topological polar surface area (TPSA) is 41.1 Å². The van der Waals surface area contributed by atoms with Gasteiger partial charge in [0.05, 0.1) is 0 Å². The second kappa shape index (κ2) is 10.0. The predicted octanol–water partition coefficient (Wildman–Crippen LogP) is 3.89.